The van der Waals surface area contributed by atoms with Gasteiger partial charge in [0.15, 0.2) is 5.96 Å². The highest BCUT2D eigenvalue weighted by Crippen LogP contribution is 2.16. The maximum Gasteiger partial charge on any atom is 0.238 e. The van der Waals surface area contributed by atoms with Crippen LogP contribution in [0, 0.1) is 5.92 Å². The van der Waals surface area contributed by atoms with Gasteiger partial charge in [0, 0.05) is 19.6 Å². The third-order valence-corrected chi connectivity index (χ3v) is 4.84. The van der Waals surface area contributed by atoms with Crippen molar-refractivity contribution in [3.05, 3.63) is 29.8 Å². The van der Waals surface area contributed by atoms with E-state index in [0.29, 0.717) is 12.5 Å². The molecule has 0 aliphatic carbocycles. The van der Waals surface area contributed by atoms with Crippen LogP contribution in [0.2, 0.25) is 0 Å². The Morgan fingerprint density at radius 2 is 2.21 bits per heavy atom. The zero-order chi connectivity index (χ0) is 16.9. The highest BCUT2D eigenvalue weighted by Gasteiger charge is 2.19. The molecule has 0 radical (unpaired) electrons. The van der Waals surface area contributed by atoms with Crippen molar-refractivity contribution in [2.75, 3.05) is 19.6 Å². The molecule has 0 saturated carbocycles. The van der Waals surface area contributed by atoms with Gasteiger partial charge in [0.1, 0.15) is 0 Å². The van der Waals surface area contributed by atoms with Gasteiger partial charge in [-0.15, -0.1) is 24.0 Å². The van der Waals surface area contributed by atoms with Gasteiger partial charge in [-0.2, -0.15) is 0 Å². The van der Waals surface area contributed by atoms with E-state index in [0.717, 1.165) is 31.2 Å². The minimum absolute atomic E-state index is 0. The summed E-state index contributed by atoms with van der Waals surface area (Å²) in [6.07, 6.45) is 2.43. The summed E-state index contributed by atoms with van der Waals surface area (Å²) in [7, 11) is -3.68. The van der Waals surface area contributed by atoms with Gasteiger partial charge in [-0.3, -0.25) is 0 Å². The van der Waals surface area contributed by atoms with Crippen molar-refractivity contribution in [2.45, 2.75) is 38.1 Å². The van der Waals surface area contributed by atoms with Gasteiger partial charge in [-0.25, -0.2) is 18.5 Å². The van der Waals surface area contributed by atoms with Crippen molar-refractivity contribution in [1.29, 1.82) is 0 Å². The first-order valence-electron chi connectivity index (χ1n) is 8.05. The van der Waals surface area contributed by atoms with E-state index in [1.165, 1.54) is 18.9 Å². The summed E-state index contributed by atoms with van der Waals surface area (Å²) in [5, 5.41) is 8.50. The van der Waals surface area contributed by atoms with Crippen LogP contribution in [0.15, 0.2) is 34.2 Å². The number of guanidine groups is 1. The molecule has 2 rings (SSSR count). The molecule has 1 saturated heterocycles. The second-order valence-electron chi connectivity index (χ2n) is 6.06. The molecule has 8 heteroatoms. The summed E-state index contributed by atoms with van der Waals surface area (Å²) in [6, 6.07) is 6.64. The van der Waals surface area contributed by atoms with Crippen LogP contribution in [0.1, 0.15) is 32.3 Å². The van der Waals surface area contributed by atoms with E-state index >= 15 is 0 Å². The molecule has 0 bridgehead atoms. The highest BCUT2D eigenvalue weighted by molar-refractivity contribution is 14.0. The first-order chi connectivity index (χ1) is 10.9. The average Bonchev–Trinajstić information content (AvgIpc) is 2.51. The standard InChI is InChI=1S/C16H26N4O2S.HI/c1-3-18-16(20-9-5-6-13(2)12-20)19-11-14-7-4-8-15(10-14)23(17,21)22;/h4,7-8,10,13H,3,5-6,9,11-12H2,1-2H3,(H,18,19)(H2,17,21,22);1H. The molecule has 136 valence electrons. The number of aliphatic imine (C=N–C) groups is 1. The molecular weight excluding hydrogens is 439 g/mol. The molecule has 1 aliphatic heterocycles. The number of rotatable bonds is 4. The molecule has 1 aromatic carbocycles. The number of nitrogens with one attached hydrogen (secondary N) is 1. The Balaban J connectivity index is 0.00000288. The topological polar surface area (TPSA) is 87.8 Å². The number of hydrogen-bond acceptors (Lipinski definition) is 3. The number of nitrogens with zero attached hydrogens (tertiary/aromatic N) is 2. The second-order valence-corrected chi connectivity index (χ2v) is 7.62. The van der Waals surface area contributed by atoms with E-state index in [1.54, 1.807) is 12.1 Å². The number of nitrogens with two attached hydrogens (primary N) is 1. The van der Waals surface area contributed by atoms with E-state index < -0.39 is 10.0 Å². The summed E-state index contributed by atoms with van der Waals surface area (Å²) in [4.78, 5) is 7.07. The number of benzene rings is 1. The Morgan fingerprint density at radius 3 is 2.83 bits per heavy atom. The minimum atomic E-state index is -3.68. The normalized spacial score (nSPS) is 18.9. The average molecular weight is 466 g/mol. The minimum Gasteiger partial charge on any atom is -0.357 e. The lowest BCUT2D eigenvalue weighted by Crippen LogP contribution is -2.46. The van der Waals surface area contributed by atoms with Gasteiger partial charge in [0.2, 0.25) is 10.0 Å². The molecule has 24 heavy (non-hydrogen) atoms. The Hall–Kier alpha value is -0.870. The monoisotopic (exact) mass is 466 g/mol. The Labute approximate surface area is 162 Å². The molecule has 1 fully saturated rings. The van der Waals surface area contributed by atoms with Gasteiger partial charge in [-0.05, 0) is 43.4 Å². The number of primary sulfonamides is 1. The Kier molecular flexibility index (Phi) is 8.44. The highest BCUT2D eigenvalue weighted by atomic mass is 127. The molecule has 1 atom stereocenters. The summed E-state index contributed by atoms with van der Waals surface area (Å²) in [6.45, 7) is 7.55. The fourth-order valence-corrected chi connectivity index (χ4v) is 3.38. The van der Waals surface area contributed by atoms with Gasteiger partial charge in [-0.1, -0.05) is 19.1 Å². The lowest BCUT2D eigenvalue weighted by Gasteiger charge is -2.33. The number of hydrogen-bond donors (Lipinski definition) is 2. The number of piperidine rings is 1. The van der Waals surface area contributed by atoms with E-state index in [2.05, 4.69) is 22.1 Å². The molecular formula is C16H27IN4O2S. The van der Waals surface area contributed by atoms with Gasteiger partial charge < -0.3 is 10.2 Å². The van der Waals surface area contributed by atoms with Crippen LogP contribution in [0.5, 0.6) is 0 Å². The Morgan fingerprint density at radius 1 is 1.46 bits per heavy atom. The van der Waals surface area contributed by atoms with E-state index in [1.807, 2.05) is 13.0 Å². The lowest BCUT2D eigenvalue weighted by molar-refractivity contribution is 0.266. The number of likely N-dealkylation sites (tertiary alicyclic amines) is 1. The van der Waals surface area contributed by atoms with Crippen LogP contribution in [0.4, 0.5) is 0 Å². The van der Waals surface area contributed by atoms with Gasteiger partial charge >= 0.3 is 0 Å². The van der Waals surface area contributed by atoms with Gasteiger partial charge in [0.25, 0.3) is 0 Å². The molecule has 3 N–H and O–H groups in total. The van der Waals surface area contributed by atoms with Gasteiger partial charge in [0.05, 0.1) is 11.4 Å². The fraction of sp³-hybridized carbons (Fsp3) is 0.562. The molecule has 1 unspecified atom stereocenters. The Bertz CT molecular complexity index is 664. The fourth-order valence-electron chi connectivity index (χ4n) is 2.79. The van der Waals surface area contributed by atoms with Crippen molar-refractivity contribution in [3.8, 4) is 0 Å². The molecule has 0 amide bonds. The van der Waals surface area contributed by atoms with Crippen molar-refractivity contribution in [3.63, 3.8) is 0 Å². The maximum absolute atomic E-state index is 11.4. The summed E-state index contributed by atoms with van der Waals surface area (Å²) in [5.41, 5.74) is 0.831. The largest absolute Gasteiger partial charge is 0.357 e. The zero-order valence-electron chi connectivity index (χ0n) is 14.2. The molecule has 1 aliphatic rings. The van der Waals surface area contributed by atoms with Crippen LogP contribution < -0.4 is 10.5 Å². The summed E-state index contributed by atoms with van der Waals surface area (Å²) < 4.78 is 22.9. The number of halogens is 1. The van der Waals surface area contributed by atoms with Crippen LogP contribution in [-0.4, -0.2) is 38.9 Å². The predicted octanol–water partition coefficient (Wildman–Crippen LogP) is 2.15. The predicted molar refractivity (Wildman–Crippen MR) is 108 cm³/mol. The smallest absolute Gasteiger partial charge is 0.238 e. The molecule has 6 nitrogen and oxygen atoms in total. The summed E-state index contributed by atoms with van der Waals surface area (Å²) in [5.74, 6) is 1.55. The van der Waals surface area contributed by atoms with E-state index in [-0.39, 0.29) is 28.9 Å². The third kappa shape index (κ3) is 6.21. The quantitative estimate of drug-likeness (QED) is 0.405. The zero-order valence-corrected chi connectivity index (χ0v) is 17.4. The van der Waals surface area contributed by atoms with Crippen LogP contribution >= 0.6 is 24.0 Å². The summed E-state index contributed by atoms with van der Waals surface area (Å²) >= 11 is 0. The van der Waals surface area contributed by atoms with Crippen molar-refractivity contribution in [1.82, 2.24) is 10.2 Å². The van der Waals surface area contributed by atoms with Crippen molar-refractivity contribution in [2.24, 2.45) is 16.0 Å². The van der Waals surface area contributed by atoms with E-state index in [9.17, 15) is 8.42 Å². The SMILES string of the molecule is CCNC(=NCc1cccc(S(N)(=O)=O)c1)N1CCCC(C)C1.I. The number of sulfonamides is 1. The molecule has 1 aromatic rings. The lowest BCUT2D eigenvalue weighted by atomic mass is 10.0. The maximum atomic E-state index is 11.4. The first kappa shape index (κ1) is 21.2. The van der Waals surface area contributed by atoms with Crippen molar-refractivity contribution < 1.29 is 8.42 Å². The van der Waals surface area contributed by atoms with Crippen molar-refractivity contribution >= 4 is 40.0 Å². The second kappa shape index (κ2) is 9.57. The molecule has 0 aromatic heterocycles. The molecule has 1 heterocycles. The van der Waals surface area contributed by atoms with Crippen LogP contribution in [0.3, 0.4) is 0 Å². The molecule has 0 spiro atoms. The van der Waals surface area contributed by atoms with Crippen LogP contribution in [-0.2, 0) is 16.6 Å². The van der Waals surface area contributed by atoms with Crippen LogP contribution in [0.25, 0.3) is 0 Å². The third-order valence-electron chi connectivity index (χ3n) is 3.93. The van der Waals surface area contributed by atoms with E-state index in [4.69, 9.17) is 5.14 Å². The first-order valence-corrected chi connectivity index (χ1v) is 9.59.